The summed E-state index contributed by atoms with van der Waals surface area (Å²) in [6, 6.07) is 0. The molecule has 92 valence electrons. The summed E-state index contributed by atoms with van der Waals surface area (Å²) < 4.78 is -2.87. The van der Waals surface area contributed by atoms with E-state index in [0.29, 0.717) is 0 Å². The molecule has 0 aliphatic carbocycles. The van der Waals surface area contributed by atoms with Crippen LogP contribution in [0.15, 0.2) is 0 Å². The predicted octanol–water partition coefficient (Wildman–Crippen LogP) is -5.41. The van der Waals surface area contributed by atoms with Crippen LogP contribution >= 0.6 is 0 Å². The lowest BCUT2D eigenvalue weighted by atomic mass is 10.4. The van der Waals surface area contributed by atoms with Crippen molar-refractivity contribution >= 4 is 0 Å². The van der Waals surface area contributed by atoms with Gasteiger partial charge < -0.3 is 0 Å². The van der Waals surface area contributed by atoms with Crippen LogP contribution in [0.3, 0.4) is 0 Å². The molecule has 0 aromatic heterocycles. The lowest BCUT2D eigenvalue weighted by Gasteiger charge is -2.47. The molecule has 0 aromatic rings. The van der Waals surface area contributed by atoms with E-state index in [1.165, 1.54) is 0 Å². The second-order valence-corrected chi connectivity index (χ2v) is 2.93. The van der Waals surface area contributed by atoms with Gasteiger partial charge in [-0.3, -0.25) is 46.0 Å². The van der Waals surface area contributed by atoms with Crippen molar-refractivity contribution in [2.75, 3.05) is 6.54 Å². The smallest absolute Gasteiger partial charge is 0.293 e. The minimum atomic E-state index is -4.23. The summed E-state index contributed by atoms with van der Waals surface area (Å²) in [5.41, 5.74) is 0. The van der Waals surface area contributed by atoms with Crippen molar-refractivity contribution in [3.8, 4) is 0 Å². The van der Waals surface area contributed by atoms with Crippen molar-refractivity contribution in [2.24, 2.45) is 0 Å². The van der Waals surface area contributed by atoms with Gasteiger partial charge in [0.05, 0.1) is 6.54 Å². The molecule has 0 atom stereocenters. The predicted molar refractivity (Wildman–Crippen MR) is 39.0 cm³/mol. The molecule has 0 heterocycles. The van der Waals surface area contributed by atoms with Crippen LogP contribution in [0, 0.1) is 0 Å². The number of nitrogens with zero attached hydrogens (tertiary/aromatic N) is 1. The van der Waals surface area contributed by atoms with Crippen LogP contribution in [0.4, 0.5) is 0 Å². The molecule has 0 fully saturated rings. The Morgan fingerprint density at radius 1 is 0.667 bits per heavy atom. The van der Waals surface area contributed by atoms with Gasteiger partial charge in [-0.05, 0) is 6.92 Å². The van der Waals surface area contributed by atoms with E-state index in [0.717, 1.165) is 6.92 Å². The van der Waals surface area contributed by atoms with Crippen LogP contribution in [0.5, 0.6) is 0 Å². The number of hydrogen-bond donors (Lipinski definition) is 9. The van der Waals surface area contributed by atoms with Gasteiger partial charge in [-0.2, -0.15) is 0 Å². The van der Waals surface area contributed by atoms with E-state index in [9.17, 15) is 0 Å². The summed E-state index contributed by atoms with van der Waals surface area (Å²) in [4.78, 5) is 0. The zero-order valence-corrected chi connectivity index (χ0v) is 7.68. The minimum absolute atomic E-state index is 0.881. The van der Waals surface area contributed by atoms with Crippen molar-refractivity contribution in [2.45, 2.75) is 25.2 Å². The van der Waals surface area contributed by atoms with Gasteiger partial charge in [0, 0.05) is 0 Å². The fraction of sp³-hybridized carbons (Fsp3) is 1.00. The third-order valence-corrected chi connectivity index (χ3v) is 2.01. The van der Waals surface area contributed by atoms with Gasteiger partial charge in [0.2, 0.25) is 0 Å². The molecule has 0 amide bonds. The first kappa shape index (κ1) is 14.6. The second kappa shape index (κ2) is 3.57. The molecule has 15 heavy (non-hydrogen) atoms. The summed E-state index contributed by atoms with van der Waals surface area (Å²) >= 11 is 0. The summed E-state index contributed by atoms with van der Waals surface area (Å²) in [5.74, 6) is 0. The first-order valence-corrected chi connectivity index (χ1v) is 3.71. The fourth-order valence-corrected chi connectivity index (χ4v) is 1.24. The average molecular weight is 232 g/mol. The minimum Gasteiger partial charge on any atom is -0.293 e. The third kappa shape index (κ3) is 2.09. The molecule has 0 spiro atoms. The average Bonchev–Trinajstić information content (AvgIpc) is 1.76. The monoisotopic (exact) mass is 232 g/mol. The van der Waals surface area contributed by atoms with Crippen LogP contribution in [0.2, 0.25) is 0 Å². The zero-order chi connectivity index (χ0) is 12.7. The number of hydrogen-bond acceptors (Lipinski definition) is 9. The molecule has 10 heteroatoms. The quantitative estimate of drug-likeness (QED) is 0.169. The molecule has 0 radical (unpaired) electrons. The fourth-order valence-electron chi connectivity index (χ4n) is 1.24. The normalized spacial score (nSPS) is 15.6. The van der Waals surface area contributed by atoms with E-state index < -0.39 is 29.3 Å². The molecule has 0 bridgehead atoms. The van der Waals surface area contributed by atoms with Gasteiger partial charge in [0.15, 0.2) is 0 Å². The number of rotatable bonds is 4. The highest BCUT2D eigenvalue weighted by atomic mass is 16.8. The molecule has 0 aromatic carbocycles. The summed E-state index contributed by atoms with van der Waals surface area (Å²) in [7, 11) is 0. The Kier molecular flexibility index (Phi) is 3.47. The third-order valence-electron chi connectivity index (χ3n) is 2.01. The highest BCUT2D eigenvalue weighted by Crippen LogP contribution is 2.33. The van der Waals surface area contributed by atoms with Gasteiger partial charge in [-0.15, -0.1) is 0 Å². The Balaban J connectivity index is 5.78. The molecule has 0 saturated heterocycles. The highest BCUT2D eigenvalue weighted by Gasteiger charge is 2.73. The van der Waals surface area contributed by atoms with Crippen LogP contribution in [-0.2, 0) is 0 Å². The maximum Gasteiger partial charge on any atom is 0.455 e. The van der Waals surface area contributed by atoms with E-state index in [1.807, 2.05) is 0 Å². The van der Waals surface area contributed by atoms with Gasteiger partial charge in [-0.25, -0.2) is 0 Å². The maximum absolute atomic E-state index is 8.72. The molecule has 9 N–H and O–H groups in total. The van der Waals surface area contributed by atoms with Crippen molar-refractivity contribution in [1.82, 2.24) is 0 Å². The number of aliphatic hydroxyl groups is 9. The Morgan fingerprint density at radius 2 is 0.867 bits per heavy atom. The topological polar surface area (TPSA) is 182 Å². The van der Waals surface area contributed by atoms with Crippen molar-refractivity contribution in [3.05, 3.63) is 0 Å². The first-order chi connectivity index (χ1) is 6.31. The molecular formula is C5H14NO9+. The maximum atomic E-state index is 8.72. The Bertz CT molecular complexity index is 184. The largest absolute Gasteiger partial charge is 0.455 e. The SMILES string of the molecule is CC[N+](C(O)(O)O)(C(O)(O)O)C(O)(O)O. The Hall–Kier alpha value is -0.400. The standard InChI is InChI=1S/C5H14NO9/c1-2-6(3(7,8)9,4(10,11)12)5(13,14)15/h7-15H,2H2,1H3/q+1. The van der Waals surface area contributed by atoms with Gasteiger partial charge in [-0.1, -0.05) is 4.48 Å². The van der Waals surface area contributed by atoms with Crippen molar-refractivity contribution in [3.63, 3.8) is 0 Å². The summed E-state index contributed by atoms with van der Waals surface area (Å²) in [5, 5.41) is 78.5. The van der Waals surface area contributed by atoms with E-state index >= 15 is 0 Å². The van der Waals surface area contributed by atoms with Gasteiger partial charge >= 0.3 is 18.3 Å². The summed E-state index contributed by atoms with van der Waals surface area (Å²) in [6.07, 6.45) is -12.7. The molecule has 0 unspecified atom stereocenters. The second-order valence-electron chi connectivity index (χ2n) is 2.93. The van der Waals surface area contributed by atoms with Crippen molar-refractivity contribution in [1.29, 1.82) is 0 Å². The lowest BCUT2D eigenvalue weighted by molar-refractivity contribution is -1.22. The van der Waals surface area contributed by atoms with E-state index in [1.54, 1.807) is 0 Å². The first-order valence-electron chi connectivity index (χ1n) is 3.71. The van der Waals surface area contributed by atoms with E-state index in [4.69, 9.17) is 46.0 Å². The Morgan fingerprint density at radius 3 is 0.867 bits per heavy atom. The highest BCUT2D eigenvalue weighted by molar-refractivity contribution is 4.46. The molecule has 0 aliphatic heterocycles. The lowest BCUT2D eigenvalue weighted by Crippen LogP contribution is -2.84. The van der Waals surface area contributed by atoms with Crippen LogP contribution < -0.4 is 0 Å². The molecule has 0 aliphatic rings. The summed E-state index contributed by atoms with van der Waals surface area (Å²) in [6.45, 7) is -0.192. The zero-order valence-electron chi connectivity index (χ0n) is 7.68. The molecular weight excluding hydrogens is 218 g/mol. The molecule has 0 saturated carbocycles. The van der Waals surface area contributed by atoms with Gasteiger partial charge in [0.25, 0.3) is 0 Å². The number of quaternary nitrogens is 1. The van der Waals surface area contributed by atoms with Gasteiger partial charge in [0.1, 0.15) is 0 Å². The van der Waals surface area contributed by atoms with E-state index in [-0.39, 0.29) is 0 Å². The van der Waals surface area contributed by atoms with Crippen LogP contribution in [0.25, 0.3) is 0 Å². The van der Waals surface area contributed by atoms with Crippen LogP contribution in [0.1, 0.15) is 6.92 Å². The van der Waals surface area contributed by atoms with Crippen molar-refractivity contribution < 1.29 is 50.4 Å². The van der Waals surface area contributed by atoms with E-state index in [2.05, 4.69) is 0 Å². The molecule has 10 nitrogen and oxygen atoms in total. The van der Waals surface area contributed by atoms with Crippen LogP contribution in [-0.4, -0.2) is 75.3 Å². The Labute approximate surface area is 83.3 Å². The molecule has 0 rings (SSSR count).